The molecule has 12 nitrogen and oxygen atoms in total. The van der Waals surface area contributed by atoms with Gasteiger partial charge in [-0.2, -0.15) is 0 Å². The summed E-state index contributed by atoms with van der Waals surface area (Å²) in [6, 6.07) is 28.2. The molecule has 2 aliphatic rings. The number of esters is 2. The number of para-hydroxylation sites is 2. The van der Waals surface area contributed by atoms with Crippen LogP contribution in [-0.4, -0.2) is 73.3 Å². The molecule has 342 valence electrons. The van der Waals surface area contributed by atoms with Crippen molar-refractivity contribution in [3.8, 4) is 11.5 Å². The van der Waals surface area contributed by atoms with Crippen LogP contribution in [0.4, 0.5) is 11.4 Å². The Morgan fingerprint density at radius 1 is 0.469 bits per heavy atom. The van der Waals surface area contributed by atoms with Gasteiger partial charge in [0.15, 0.2) is 0 Å². The van der Waals surface area contributed by atoms with Crippen LogP contribution >= 0.6 is 0 Å². The van der Waals surface area contributed by atoms with Crippen LogP contribution in [0.15, 0.2) is 109 Å². The van der Waals surface area contributed by atoms with E-state index in [-0.39, 0.29) is 13.2 Å². The second-order valence-electron chi connectivity index (χ2n) is 16.7. The van der Waals surface area contributed by atoms with E-state index < -0.39 is 59.8 Å². The topological polar surface area (TPSA) is 136 Å². The predicted octanol–water partition coefficient (Wildman–Crippen LogP) is 10.1. The summed E-state index contributed by atoms with van der Waals surface area (Å²) in [4.78, 5) is 60.4. The SMILES string of the molecule is CCCCCCCCOC(=O)[C@@H]1[C@@H](C(=O)Nc2ccccc2)N2[C@H](c3ccc(OC)cc3)[C@H](C(=O)OCCCCCCCC)[C@H](C(=O)Nc3ccccc3)N2[C@@H]1c1ccc(OC)cc1. The van der Waals surface area contributed by atoms with Gasteiger partial charge in [0.05, 0.1) is 39.5 Å². The quantitative estimate of drug-likeness (QED) is 0.0517. The molecule has 0 aliphatic carbocycles. The van der Waals surface area contributed by atoms with Gasteiger partial charge in [0.25, 0.3) is 0 Å². The molecule has 4 aromatic carbocycles. The van der Waals surface area contributed by atoms with Crippen LogP contribution in [0, 0.1) is 11.8 Å². The van der Waals surface area contributed by atoms with E-state index in [9.17, 15) is 9.59 Å². The highest BCUT2D eigenvalue weighted by Crippen LogP contribution is 2.56. The van der Waals surface area contributed by atoms with E-state index >= 15 is 9.59 Å². The summed E-state index contributed by atoms with van der Waals surface area (Å²) in [5, 5.41) is 9.73. The fraction of sp³-hybridized carbons (Fsp3) is 0.462. The minimum Gasteiger partial charge on any atom is -0.497 e. The van der Waals surface area contributed by atoms with Crippen LogP contribution in [0.3, 0.4) is 0 Å². The lowest BCUT2D eigenvalue weighted by atomic mass is 9.81. The van der Waals surface area contributed by atoms with Crippen LogP contribution in [0.5, 0.6) is 11.5 Å². The van der Waals surface area contributed by atoms with Crippen molar-refractivity contribution in [2.75, 3.05) is 38.1 Å². The summed E-state index contributed by atoms with van der Waals surface area (Å²) in [6.45, 7) is 4.70. The largest absolute Gasteiger partial charge is 0.497 e. The fourth-order valence-corrected chi connectivity index (χ4v) is 9.11. The van der Waals surface area contributed by atoms with Crippen LogP contribution in [0.1, 0.15) is 114 Å². The van der Waals surface area contributed by atoms with Gasteiger partial charge in [0.1, 0.15) is 35.4 Å². The van der Waals surface area contributed by atoms with Gasteiger partial charge in [-0.25, -0.2) is 10.0 Å². The van der Waals surface area contributed by atoms with Gasteiger partial charge >= 0.3 is 11.9 Å². The van der Waals surface area contributed by atoms with E-state index in [1.165, 1.54) is 0 Å². The number of nitrogens with one attached hydrogen (secondary N) is 2. The number of hydrogen-bond acceptors (Lipinski definition) is 10. The Bertz CT molecular complexity index is 1920. The lowest BCUT2D eigenvalue weighted by Gasteiger charge is -2.33. The average Bonchev–Trinajstić information content (AvgIpc) is 3.85. The van der Waals surface area contributed by atoms with Crippen LogP contribution in [0.2, 0.25) is 0 Å². The van der Waals surface area contributed by atoms with E-state index in [1.807, 2.05) is 60.7 Å². The third kappa shape index (κ3) is 11.9. The molecule has 0 spiro atoms. The number of unbranched alkanes of at least 4 members (excludes halogenated alkanes) is 10. The van der Waals surface area contributed by atoms with Gasteiger partial charge in [-0.15, -0.1) is 0 Å². The second-order valence-corrected chi connectivity index (χ2v) is 16.7. The number of ether oxygens (including phenoxy) is 4. The molecule has 2 amide bonds. The molecule has 6 rings (SSSR count). The van der Waals surface area contributed by atoms with Crippen LogP contribution < -0.4 is 20.1 Å². The third-order valence-corrected chi connectivity index (χ3v) is 12.3. The molecule has 2 heterocycles. The van der Waals surface area contributed by atoms with Crippen molar-refractivity contribution in [2.24, 2.45) is 11.8 Å². The molecule has 2 fully saturated rings. The number of fused-ring (bicyclic) bond motifs is 1. The van der Waals surface area contributed by atoms with Crippen LogP contribution in [0.25, 0.3) is 0 Å². The molecule has 6 atom stereocenters. The number of hydrazine groups is 1. The summed E-state index contributed by atoms with van der Waals surface area (Å²) >= 11 is 0. The number of rotatable bonds is 24. The number of hydrogen-bond donors (Lipinski definition) is 2. The molecule has 4 aromatic rings. The van der Waals surface area contributed by atoms with Crippen molar-refractivity contribution in [1.29, 1.82) is 0 Å². The van der Waals surface area contributed by atoms with Gasteiger partial charge in [-0.05, 0) is 72.5 Å². The molecule has 2 N–H and O–H groups in total. The van der Waals surface area contributed by atoms with E-state index in [0.717, 1.165) is 64.2 Å². The maximum absolute atomic E-state index is 15.2. The first-order chi connectivity index (χ1) is 31.3. The highest BCUT2D eigenvalue weighted by molar-refractivity contribution is 6.01. The number of nitrogens with zero attached hydrogens (tertiary/aromatic N) is 2. The summed E-state index contributed by atoms with van der Waals surface area (Å²) in [5.74, 6) is -3.25. The highest BCUT2D eigenvalue weighted by atomic mass is 16.5. The fourth-order valence-electron chi connectivity index (χ4n) is 9.11. The molecular formula is C52H66N4O8. The number of amides is 2. The maximum Gasteiger partial charge on any atom is 0.313 e. The Hall–Kier alpha value is -5.72. The molecule has 0 radical (unpaired) electrons. The normalized spacial score (nSPS) is 20.6. The molecule has 0 aromatic heterocycles. The predicted molar refractivity (Wildman–Crippen MR) is 249 cm³/mol. The van der Waals surface area contributed by atoms with Gasteiger partial charge in [-0.1, -0.05) is 139 Å². The Labute approximate surface area is 378 Å². The Morgan fingerprint density at radius 3 is 1.16 bits per heavy atom. The van der Waals surface area contributed by atoms with Gasteiger partial charge in [0.2, 0.25) is 11.8 Å². The standard InChI is InChI=1S/C52H66N4O8/c1-5-7-9-11-13-21-35-63-51(59)43-45(37-27-31-41(61-3)32-28-37)55-48(50(58)54-40-25-19-16-20-26-40)44(52(60)64-36-22-14-12-10-8-6-2)46(38-29-33-42(62-4)34-30-38)56(55)47(43)49(57)53-39-23-17-15-18-24-39/h15-20,23-34,43-48H,5-14,21-22,35-36H2,1-4H3,(H,53,57)(H,54,58)/t43-,44-,45+,46+,47-,48+/m0/s1. The zero-order chi connectivity index (χ0) is 45.3. The number of methoxy groups -OCH3 is 2. The van der Waals surface area contributed by atoms with E-state index in [1.54, 1.807) is 72.8 Å². The smallest absolute Gasteiger partial charge is 0.313 e. The Kier molecular flexibility index (Phi) is 18.2. The molecule has 0 unspecified atom stereocenters. The minimum absolute atomic E-state index is 0.178. The average molecular weight is 875 g/mol. The molecule has 2 saturated heterocycles. The Morgan fingerprint density at radius 2 is 0.812 bits per heavy atom. The molecule has 64 heavy (non-hydrogen) atoms. The zero-order valence-corrected chi connectivity index (χ0v) is 37.9. The molecule has 0 saturated carbocycles. The van der Waals surface area contributed by atoms with E-state index in [2.05, 4.69) is 24.5 Å². The Balaban J connectivity index is 1.51. The van der Waals surface area contributed by atoms with Crippen molar-refractivity contribution < 1.29 is 38.1 Å². The molecule has 0 bridgehead atoms. The highest BCUT2D eigenvalue weighted by Gasteiger charge is 2.68. The molecule has 12 heteroatoms. The van der Waals surface area contributed by atoms with Crippen molar-refractivity contribution in [1.82, 2.24) is 10.0 Å². The van der Waals surface area contributed by atoms with Gasteiger partial charge in [0, 0.05) is 11.4 Å². The van der Waals surface area contributed by atoms with Crippen molar-refractivity contribution in [2.45, 2.75) is 115 Å². The van der Waals surface area contributed by atoms with Gasteiger partial charge < -0.3 is 29.6 Å². The lowest BCUT2D eigenvalue weighted by Crippen LogP contribution is -2.49. The second kappa shape index (κ2) is 24.4. The molecule has 2 aliphatic heterocycles. The first-order valence-corrected chi connectivity index (χ1v) is 23.2. The first kappa shape index (κ1) is 47.8. The summed E-state index contributed by atoms with van der Waals surface area (Å²) in [5.41, 5.74) is 2.32. The third-order valence-electron chi connectivity index (χ3n) is 12.3. The summed E-state index contributed by atoms with van der Waals surface area (Å²) in [7, 11) is 3.15. The molecular weight excluding hydrogens is 809 g/mol. The number of benzene rings is 4. The maximum atomic E-state index is 15.2. The monoisotopic (exact) mass is 874 g/mol. The lowest BCUT2D eigenvalue weighted by molar-refractivity contribution is -0.154. The number of carbonyl (C=O) groups excluding carboxylic acids is 4. The van der Waals surface area contributed by atoms with E-state index in [0.29, 0.717) is 46.8 Å². The number of anilines is 2. The van der Waals surface area contributed by atoms with E-state index in [4.69, 9.17) is 18.9 Å². The minimum atomic E-state index is -1.25. The summed E-state index contributed by atoms with van der Waals surface area (Å²) in [6.07, 6.45) is 12.0. The van der Waals surface area contributed by atoms with Crippen molar-refractivity contribution in [3.63, 3.8) is 0 Å². The first-order valence-electron chi connectivity index (χ1n) is 23.2. The van der Waals surface area contributed by atoms with Crippen LogP contribution in [-0.2, 0) is 28.7 Å². The zero-order valence-electron chi connectivity index (χ0n) is 37.9. The van der Waals surface area contributed by atoms with Crippen molar-refractivity contribution in [3.05, 3.63) is 120 Å². The van der Waals surface area contributed by atoms with Crippen molar-refractivity contribution >= 4 is 35.1 Å². The van der Waals surface area contributed by atoms with Gasteiger partial charge in [-0.3, -0.25) is 19.2 Å². The number of carbonyl (C=O) groups is 4. The summed E-state index contributed by atoms with van der Waals surface area (Å²) < 4.78 is 23.4.